The molecule has 0 saturated carbocycles. The van der Waals surface area contributed by atoms with Crippen molar-refractivity contribution in [3.05, 3.63) is 29.6 Å². The van der Waals surface area contributed by atoms with Crippen LogP contribution in [0.4, 0.5) is 4.39 Å². The summed E-state index contributed by atoms with van der Waals surface area (Å²) in [6.07, 6.45) is 1.22. The maximum absolute atomic E-state index is 13.2. The molecule has 2 atom stereocenters. The zero-order valence-corrected chi connectivity index (χ0v) is 10.4. The van der Waals surface area contributed by atoms with E-state index < -0.39 is 0 Å². The number of hydrogen-bond acceptors (Lipinski definition) is 3. The normalized spacial score (nSPS) is 28.3. The van der Waals surface area contributed by atoms with Crippen LogP contribution in [0.5, 0.6) is 5.75 Å². The second-order valence-electron chi connectivity index (χ2n) is 5.52. The van der Waals surface area contributed by atoms with Gasteiger partial charge in [-0.05, 0) is 55.6 Å². The molecule has 2 saturated heterocycles. The molecular formula is C14H19FN2O. The highest BCUT2D eigenvalue weighted by Crippen LogP contribution is 2.27. The first kappa shape index (κ1) is 11.9. The number of piperidine rings is 1. The van der Waals surface area contributed by atoms with Crippen LogP contribution in [0, 0.1) is 17.7 Å². The molecule has 2 unspecified atom stereocenters. The average Bonchev–Trinajstić information content (AvgIpc) is 2.74. The first-order chi connectivity index (χ1) is 8.70. The van der Waals surface area contributed by atoms with Gasteiger partial charge in [0.2, 0.25) is 0 Å². The van der Waals surface area contributed by atoms with Crippen LogP contribution in [0.15, 0.2) is 18.2 Å². The molecule has 0 aliphatic carbocycles. The Balaban J connectivity index is 1.65. The van der Waals surface area contributed by atoms with Gasteiger partial charge in [0.15, 0.2) is 0 Å². The number of benzene rings is 1. The number of hydrogen-bond donors (Lipinski definition) is 2. The first-order valence-corrected chi connectivity index (χ1v) is 6.62. The number of fused-ring (bicyclic) bond motifs is 1. The molecule has 2 fully saturated rings. The number of nitrogens with one attached hydrogen (secondary N) is 1. The Morgan fingerprint density at radius 3 is 2.94 bits per heavy atom. The van der Waals surface area contributed by atoms with Crippen molar-refractivity contribution in [3.63, 3.8) is 0 Å². The second kappa shape index (κ2) is 4.86. The van der Waals surface area contributed by atoms with Crippen LogP contribution >= 0.6 is 0 Å². The van der Waals surface area contributed by atoms with Gasteiger partial charge in [0.1, 0.15) is 11.6 Å². The van der Waals surface area contributed by atoms with Crippen molar-refractivity contribution in [2.75, 3.05) is 26.2 Å². The minimum absolute atomic E-state index is 0.0161. The van der Waals surface area contributed by atoms with E-state index in [1.165, 1.54) is 12.5 Å². The monoisotopic (exact) mass is 250 g/mol. The van der Waals surface area contributed by atoms with Gasteiger partial charge >= 0.3 is 0 Å². The van der Waals surface area contributed by atoms with E-state index in [1.54, 1.807) is 6.07 Å². The van der Waals surface area contributed by atoms with Gasteiger partial charge in [-0.1, -0.05) is 0 Å². The van der Waals surface area contributed by atoms with E-state index in [1.807, 2.05) is 0 Å². The van der Waals surface area contributed by atoms with Gasteiger partial charge in [0.25, 0.3) is 0 Å². The third-order valence-corrected chi connectivity index (χ3v) is 4.14. The summed E-state index contributed by atoms with van der Waals surface area (Å²) in [5, 5.41) is 12.8. The lowest BCUT2D eigenvalue weighted by molar-refractivity contribution is 0.142. The van der Waals surface area contributed by atoms with Crippen molar-refractivity contribution in [2.24, 2.45) is 11.8 Å². The quantitative estimate of drug-likeness (QED) is 0.836. The Morgan fingerprint density at radius 2 is 2.11 bits per heavy atom. The summed E-state index contributed by atoms with van der Waals surface area (Å²) in [7, 11) is 0. The highest BCUT2D eigenvalue weighted by Gasteiger charge is 2.32. The summed E-state index contributed by atoms with van der Waals surface area (Å²) in [5.74, 6) is 1.22. The number of nitrogens with zero attached hydrogens (tertiary/aromatic N) is 1. The third-order valence-electron chi connectivity index (χ3n) is 4.14. The molecule has 2 aliphatic heterocycles. The van der Waals surface area contributed by atoms with Gasteiger partial charge in [-0.3, -0.25) is 4.90 Å². The van der Waals surface area contributed by atoms with Gasteiger partial charge in [-0.25, -0.2) is 4.39 Å². The third kappa shape index (κ3) is 2.49. The Labute approximate surface area is 107 Å². The Kier molecular flexibility index (Phi) is 3.22. The van der Waals surface area contributed by atoms with E-state index in [2.05, 4.69) is 10.2 Å². The van der Waals surface area contributed by atoms with Crippen LogP contribution in [0.25, 0.3) is 0 Å². The Hall–Kier alpha value is -1.13. The fourth-order valence-corrected chi connectivity index (χ4v) is 3.24. The molecule has 98 valence electrons. The van der Waals surface area contributed by atoms with E-state index in [0.717, 1.165) is 56.2 Å². The summed E-state index contributed by atoms with van der Waals surface area (Å²) in [5.41, 5.74) is 0.858. The van der Waals surface area contributed by atoms with Crippen LogP contribution < -0.4 is 5.32 Å². The molecule has 1 aromatic rings. The van der Waals surface area contributed by atoms with Crippen molar-refractivity contribution in [1.82, 2.24) is 10.2 Å². The van der Waals surface area contributed by atoms with E-state index in [9.17, 15) is 9.50 Å². The average molecular weight is 250 g/mol. The zero-order valence-electron chi connectivity index (χ0n) is 10.4. The van der Waals surface area contributed by atoms with Gasteiger partial charge < -0.3 is 10.4 Å². The van der Waals surface area contributed by atoms with Crippen LogP contribution in [-0.2, 0) is 6.54 Å². The van der Waals surface area contributed by atoms with Crippen molar-refractivity contribution < 1.29 is 9.50 Å². The molecule has 0 bridgehead atoms. The standard InChI is InChI=1S/C14H19FN2O/c15-13-3-10(4-14(18)5-13)8-17-2-1-11-6-16-7-12(11)9-17/h3-5,11-12,16,18H,1-2,6-9H2. The van der Waals surface area contributed by atoms with Crippen LogP contribution in [0.1, 0.15) is 12.0 Å². The van der Waals surface area contributed by atoms with E-state index in [-0.39, 0.29) is 11.6 Å². The fourth-order valence-electron chi connectivity index (χ4n) is 3.24. The molecule has 3 nitrogen and oxygen atoms in total. The summed E-state index contributed by atoms with van der Waals surface area (Å²) >= 11 is 0. The lowest BCUT2D eigenvalue weighted by atomic mass is 9.88. The topological polar surface area (TPSA) is 35.5 Å². The molecular weight excluding hydrogens is 231 g/mol. The summed E-state index contributed by atoms with van der Waals surface area (Å²) < 4.78 is 13.2. The largest absolute Gasteiger partial charge is 0.508 e. The van der Waals surface area contributed by atoms with Gasteiger partial charge in [0, 0.05) is 19.2 Å². The molecule has 0 amide bonds. The van der Waals surface area contributed by atoms with Gasteiger partial charge in [0.05, 0.1) is 0 Å². The van der Waals surface area contributed by atoms with Gasteiger partial charge in [-0.15, -0.1) is 0 Å². The highest BCUT2D eigenvalue weighted by molar-refractivity contribution is 5.28. The summed E-state index contributed by atoms with van der Waals surface area (Å²) in [4.78, 5) is 2.36. The lowest BCUT2D eigenvalue weighted by Gasteiger charge is -2.34. The molecule has 3 rings (SSSR count). The number of halogens is 1. The van der Waals surface area contributed by atoms with E-state index in [4.69, 9.17) is 0 Å². The molecule has 2 aliphatic rings. The molecule has 0 aromatic heterocycles. The predicted molar refractivity (Wildman–Crippen MR) is 67.8 cm³/mol. The maximum atomic E-state index is 13.2. The first-order valence-electron chi connectivity index (χ1n) is 6.62. The molecule has 18 heavy (non-hydrogen) atoms. The van der Waals surface area contributed by atoms with E-state index in [0.29, 0.717) is 0 Å². The van der Waals surface area contributed by atoms with Crippen LogP contribution in [0.2, 0.25) is 0 Å². The summed E-state index contributed by atoms with van der Waals surface area (Å²) in [6, 6.07) is 4.32. The predicted octanol–water partition coefficient (Wildman–Crippen LogP) is 1.57. The Morgan fingerprint density at radius 1 is 1.28 bits per heavy atom. The number of aromatic hydroxyl groups is 1. The number of phenolic OH excluding ortho intramolecular Hbond substituents is 1. The molecule has 0 radical (unpaired) electrons. The van der Waals surface area contributed by atoms with Crippen molar-refractivity contribution in [3.8, 4) is 5.75 Å². The lowest BCUT2D eigenvalue weighted by Crippen LogP contribution is -2.39. The minimum Gasteiger partial charge on any atom is -0.508 e. The highest BCUT2D eigenvalue weighted by atomic mass is 19.1. The Bertz CT molecular complexity index is 418. The summed E-state index contributed by atoms with van der Waals surface area (Å²) in [6.45, 7) is 5.14. The van der Waals surface area contributed by atoms with Gasteiger partial charge in [-0.2, -0.15) is 0 Å². The molecule has 2 N–H and O–H groups in total. The SMILES string of the molecule is Oc1cc(F)cc(CN2CCC3CNCC3C2)c1. The fraction of sp³-hybridized carbons (Fsp3) is 0.571. The van der Waals surface area contributed by atoms with Crippen molar-refractivity contribution >= 4 is 0 Å². The molecule has 2 heterocycles. The second-order valence-corrected chi connectivity index (χ2v) is 5.52. The van der Waals surface area contributed by atoms with Crippen molar-refractivity contribution in [1.29, 1.82) is 0 Å². The number of likely N-dealkylation sites (tertiary alicyclic amines) is 1. The molecule has 0 spiro atoms. The zero-order chi connectivity index (χ0) is 12.5. The number of rotatable bonds is 2. The minimum atomic E-state index is -0.359. The number of phenols is 1. The van der Waals surface area contributed by atoms with Crippen LogP contribution in [0.3, 0.4) is 0 Å². The van der Waals surface area contributed by atoms with Crippen LogP contribution in [-0.4, -0.2) is 36.2 Å². The van der Waals surface area contributed by atoms with E-state index >= 15 is 0 Å². The molecule has 4 heteroatoms. The smallest absolute Gasteiger partial charge is 0.127 e. The maximum Gasteiger partial charge on any atom is 0.127 e. The van der Waals surface area contributed by atoms with Crippen molar-refractivity contribution in [2.45, 2.75) is 13.0 Å². The molecule has 1 aromatic carbocycles.